The molecule has 0 spiro atoms. The third kappa shape index (κ3) is 5.81. The molecule has 1 fully saturated rings. The number of urea groups is 1. The Morgan fingerprint density at radius 1 is 0.971 bits per heavy atom. The van der Waals surface area contributed by atoms with Crippen LogP contribution < -0.4 is 0 Å². The molecule has 0 saturated carbocycles. The first-order valence-electron chi connectivity index (χ1n) is 10.3. The van der Waals surface area contributed by atoms with Crippen molar-refractivity contribution < 1.29 is 40.3 Å². The fourth-order valence-corrected chi connectivity index (χ4v) is 3.94. The lowest BCUT2D eigenvalue weighted by Crippen LogP contribution is -2.38. The Labute approximate surface area is 191 Å². The third-order valence-corrected chi connectivity index (χ3v) is 5.68. The summed E-state index contributed by atoms with van der Waals surface area (Å²) in [6, 6.07) is 6.47. The van der Waals surface area contributed by atoms with Crippen LogP contribution in [-0.4, -0.2) is 49.1 Å². The van der Waals surface area contributed by atoms with Gasteiger partial charge in [-0.2, -0.15) is 26.3 Å². The van der Waals surface area contributed by atoms with Gasteiger partial charge in [-0.25, -0.2) is 9.18 Å². The molecule has 2 amide bonds. The Balaban J connectivity index is 1.93. The molecule has 2 aromatic carbocycles. The number of carbonyl (C=O) groups is 1. The van der Waals surface area contributed by atoms with Gasteiger partial charge in [-0.05, 0) is 48.4 Å². The first-order valence-corrected chi connectivity index (χ1v) is 10.3. The summed E-state index contributed by atoms with van der Waals surface area (Å²) >= 11 is 0. The third-order valence-electron chi connectivity index (χ3n) is 5.68. The smallest absolute Gasteiger partial charge is 0.368 e. The van der Waals surface area contributed by atoms with Crippen LogP contribution in [0, 0.1) is 5.82 Å². The largest absolute Gasteiger partial charge is 0.416 e. The van der Waals surface area contributed by atoms with Crippen molar-refractivity contribution in [2.75, 3.05) is 27.2 Å². The van der Waals surface area contributed by atoms with Crippen LogP contribution in [0.25, 0.3) is 0 Å². The summed E-state index contributed by atoms with van der Waals surface area (Å²) in [6.07, 6.45) is -11.8. The second kappa shape index (κ2) is 9.44. The fourth-order valence-electron chi connectivity index (χ4n) is 3.94. The molecule has 1 aliphatic rings. The SMILES string of the molecule is C[C@@H](O[C@@H]1CN(C(=O)N(C)C)C[C@H]1c1ccc(F)cc1)c1cc(C(F)(F)F)cc(C(F)(F)F)c1. The summed E-state index contributed by atoms with van der Waals surface area (Å²) in [6.45, 7) is 1.61. The second-order valence-electron chi connectivity index (χ2n) is 8.40. The molecule has 0 N–H and O–H groups in total. The number of ether oxygens (including phenoxy) is 1. The van der Waals surface area contributed by atoms with Crippen LogP contribution in [0.1, 0.15) is 41.2 Å². The average molecular weight is 492 g/mol. The number of rotatable bonds is 4. The summed E-state index contributed by atoms with van der Waals surface area (Å²) in [5, 5.41) is 0. The molecule has 0 unspecified atom stereocenters. The molecule has 0 bridgehead atoms. The molecular weight excluding hydrogens is 469 g/mol. The van der Waals surface area contributed by atoms with Gasteiger partial charge in [-0.15, -0.1) is 0 Å². The Morgan fingerprint density at radius 3 is 1.97 bits per heavy atom. The number of alkyl halides is 6. The molecular formula is C23H23F7N2O2. The first kappa shape index (κ1) is 25.8. The van der Waals surface area contributed by atoms with Crippen LogP contribution >= 0.6 is 0 Å². The molecule has 34 heavy (non-hydrogen) atoms. The highest BCUT2D eigenvalue weighted by atomic mass is 19.4. The zero-order valence-corrected chi connectivity index (χ0v) is 18.5. The lowest BCUT2D eigenvalue weighted by atomic mass is 9.95. The highest BCUT2D eigenvalue weighted by Crippen LogP contribution is 2.39. The Bertz CT molecular complexity index is 987. The lowest BCUT2D eigenvalue weighted by Gasteiger charge is -2.25. The van der Waals surface area contributed by atoms with E-state index in [4.69, 9.17) is 4.74 Å². The Kier molecular flexibility index (Phi) is 7.16. The summed E-state index contributed by atoms with van der Waals surface area (Å²) in [5.41, 5.74) is -2.53. The summed E-state index contributed by atoms with van der Waals surface area (Å²) in [4.78, 5) is 15.3. The van der Waals surface area contributed by atoms with E-state index in [1.54, 1.807) is 14.1 Å². The van der Waals surface area contributed by atoms with Crippen LogP contribution in [0.2, 0.25) is 0 Å². The molecule has 3 rings (SSSR count). The van der Waals surface area contributed by atoms with Crippen molar-refractivity contribution in [1.82, 2.24) is 9.80 Å². The number of hydrogen-bond acceptors (Lipinski definition) is 2. The minimum Gasteiger partial charge on any atom is -0.368 e. The van der Waals surface area contributed by atoms with E-state index in [0.717, 1.165) is 0 Å². The van der Waals surface area contributed by atoms with Gasteiger partial charge >= 0.3 is 18.4 Å². The highest BCUT2D eigenvalue weighted by Gasteiger charge is 2.40. The molecule has 11 heteroatoms. The van der Waals surface area contributed by atoms with Crippen molar-refractivity contribution in [2.45, 2.75) is 37.4 Å². The predicted molar refractivity (Wildman–Crippen MR) is 110 cm³/mol. The number of hydrogen-bond donors (Lipinski definition) is 0. The maximum absolute atomic E-state index is 13.4. The molecule has 1 heterocycles. The van der Waals surface area contributed by atoms with Crippen molar-refractivity contribution >= 4 is 6.03 Å². The van der Waals surface area contributed by atoms with Crippen molar-refractivity contribution in [3.05, 3.63) is 70.5 Å². The minimum absolute atomic E-state index is 0.0601. The Morgan fingerprint density at radius 2 is 1.50 bits per heavy atom. The predicted octanol–water partition coefficient (Wildman–Crippen LogP) is 6.09. The van der Waals surface area contributed by atoms with Gasteiger partial charge in [-0.3, -0.25) is 0 Å². The van der Waals surface area contributed by atoms with Crippen molar-refractivity contribution in [3.63, 3.8) is 0 Å². The van der Waals surface area contributed by atoms with Crippen LogP contribution in [-0.2, 0) is 17.1 Å². The maximum atomic E-state index is 13.4. The number of amides is 2. The molecule has 4 nitrogen and oxygen atoms in total. The molecule has 186 valence electrons. The molecule has 1 saturated heterocycles. The summed E-state index contributed by atoms with van der Waals surface area (Å²) < 4.78 is 98.8. The van der Waals surface area contributed by atoms with Gasteiger partial charge in [0.25, 0.3) is 0 Å². The zero-order chi connectivity index (χ0) is 25.4. The summed E-state index contributed by atoms with van der Waals surface area (Å²) in [5.74, 6) is -0.933. The van der Waals surface area contributed by atoms with E-state index in [-0.39, 0.29) is 30.8 Å². The number of benzene rings is 2. The lowest BCUT2D eigenvalue weighted by molar-refractivity contribution is -0.143. The van der Waals surface area contributed by atoms with E-state index < -0.39 is 47.4 Å². The van der Waals surface area contributed by atoms with Crippen LogP contribution in [0.4, 0.5) is 35.5 Å². The molecule has 1 aliphatic heterocycles. The van der Waals surface area contributed by atoms with Gasteiger partial charge in [0.1, 0.15) is 5.82 Å². The van der Waals surface area contributed by atoms with Gasteiger partial charge in [-0.1, -0.05) is 12.1 Å². The molecule has 0 radical (unpaired) electrons. The van der Waals surface area contributed by atoms with Gasteiger partial charge in [0.05, 0.1) is 23.3 Å². The molecule has 2 aromatic rings. The molecule has 3 atom stereocenters. The van der Waals surface area contributed by atoms with E-state index in [9.17, 15) is 35.5 Å². The van der Waals surface area contributed by atoms with E-state index in [1.165, 1.54) is 41.0 Å². The van der Waals surface area contributed by atoms with Gasteiger partial charge in [0.2, 0.25) is 0 Å². The Hall–Kier alpha value is -2.82. The van der Waals surface area contributed by atoms with Crippen LogP contribution in [0.15, 0.2) is 42.5 Å². The van der Waals surface area contributed by atoms with Gasteiger partial charge in [0.15, 0.2) is 0 Å². The molecule has 0 aliphatic carbocycles. The molecule has 0 aromatic heterocycles. The fraction of sp³-hybridized carbons (Fsp3) is 0.435. The minimum atomic E-state index is -4.98. The number of halogens is 7. The monoisotopic (exact) mass is 492 g/mol. The quantitative estimate of drug-likeness (QED) is 0.484. The highest BCUT2D eigenvalue weighted by molar-refractivity contribution is 5.74. The second-order valence-corrected chi connectivity index (χ2v) is 8.40. The number of nitrogens with zero attached hydrogens (tertiary/aromatic N) is 2. The topological polar surface area (TPSA) is 32.8 Å². The standard InChI is InChI=1S/C23H23F7N2O2/c1-13(15-8-16(22(25,26)27)10-17(9-15)23(28,29)30)34-20-12-32(21(33)31(2)3)11-19(20)14-4-6-18(24)7-5-14/h4-10,13,19-20H,11-12H2,1-3H3/t13-,19+,20-/m1/s1. The van der Waals surface area contributed by atoms with E-state index in [1.807, 2.05) is 0 Å². The van der Waals surface area contributed by atoms with Gasteiger partial charge < -0.3 is 14.5 Å². The van der Waals surface area contributed by atoms with E-state index in [2.05, 4.69) is 0 Å². The number of likely N-dealkylation sites (tertiary alicyclic amines) is 1. The average Bonchev–Trinajstić information content (AvgIpc) is 3.15. The zero-order valence-electron chi connectivity index (χ0n) is 18.5. The van der Waals surface area contributed by atoms with E-state index >= 15 is 0 Å². The maximum Gasteiger partial charge on any atom is 0.416 e. The van der Waals surface area contributed by atoms with Crippen LogP contribution in [0.3, 0.4) is 0 Å². The van der Waals surface area contributed by atoms with Gasteiger partial charge in [0, 0.05) is 33.1 Å². The van der Waals surface area contributed by atoms with E-state index in [0.29, 0.717) is 17.7 Å². The van der Waals surface area contributed by atoms with Crippen LogP contribution in [0.5, 0.6) is 0 Å². The number of carbonyl (C=O) groups excluding carboxylic acids is 1. The van der Waals surface area contributed by atoms with Crippen molar-refractivity contribution in [2.24, 2.45) is 0 Å². The van der Waals surface area contributed by atoms with Crippen molar-refractivity contribution in [3.8, 4) is 0 Å². The first-order chi connectivity index (χ1) is 15.7. The summed E-state index contributed by atoms with van der Waals surface area (Å²) in [7, 11) is 3.10. The normalized spacial score (nSPS) is 19.9. The van der Waals surface area contributed by atoms with Crippen molar-refractivity contribution in [1.29, 1.82) is 0 Å².